The van der Waals surface area contributed by atoms with Crippen LogP contribution in [0.4, 0.5) is 5.69 Å². The first-order valence-corrected chi connectivity index (χ1v) is 9.12. The van der Waals surface area contributed by atoms with E-state index in [1.807, 2.05) is 31.2 Å². The Morgan fingerprint density at radius 3 is 2.61 bits per heavy atom. The van der Waals surface area contributed by atoms with Crippen LogP contribution >= 0.6 is 35.5 Å². The van der Waals surface area contributed by atoms with Gasteiger partial charge in [0.05, 0.1) is 0 Å². The molecule has 0 spiro atoms. The van der Waals surface area contributed by atoms with Gasteiger partial charge in [0.1, 0.15) is 0 Å². The number of nitrogens with one attached hydrogen (secondary N) is 2. The van der Waals surface area contributed by atoms with E-state index in [1.54, 1.807) is 23.1 Å². The maximum Gasteiger partial charge on any atom is 0.227 e. The monoisotopic (exact) mass is 369 g/mol. The second-order valence-electron chi connectivity index (χ2n) is 5.39. The third-order valence-electron chi connectivity index (χ3n) is 3.63. The Hall–Kier alpha value is -1.08. The standard InChI is InChI=1S/C16H19N3OS2.ClH/c1-11-10-21-16(18-11)22-14-4-2-13(3-5-14)19-15(20)12-6-8-17-9-7-12;/h2-5,10,12,17H,6-9H2,1H3,(H,19,20);1H. The molecular formula is C16H20ClN3OS2. The fraction of sp³-hybridized carbons (Fsp3) is 0.375. The molecule has 2 N–H and O–H groups in total. The number of thiazole rings is 1. The van der Waals surface area contributed by atoms with E-state index in [1.165, 1.54) is 0 Å². The largest absolute Gasteiger partial charge is 0.326 e. The number of carbonyl (C=O) groups is 1. The predicted octanol–water partition coefficient (Wildman–Crippen LogP) is 3.96. The Balaban J connectivity index is 0.00000192. The molecule has 1 fully saturated rings. The highest BCUT2D eigenvalue weighted by Gasteiger charge is 2.20. The lowest BCUT2D eigenvalue weighted by molar-refractivity contribution is -0.120. The summed E-state index contributed by atoms with van der Waals surface area (Å²) in [5.41, 5.74) is 1.92. The van der Waals surface area contributed by atoms with Crippen LogP contribution in [0.2, 0.25) is 0 Å². The highest BCUT2D eigenvalue weighted by molar-refractivity contribution is 8.01. The molecule has 3 rings (SSSR count). The summed E-state index contributed by atoms with van der Waals surface area (Å²) >= 11 is 3.30. The van der Waals surface area contributed by atoms with Crippen molar-refractivity contribution in [3.05, 3.63) is 35.3 Å². The van der Waals surface area contributed by atoms with Crippen LogP contribution in [-0.4, -0.2) is 24.0 Å². The van der Waals surface area contributed by atoms with Crippen molar-refractivity contribution in [2.45, 2.75) is 29.0 Å². The number of carbonyl (C=O) groups excluding carboxylic acids is 1. The number of rotatable bonds is 4. The van der Waals surface area contributed by atoms with E-state index in [9.17, 15) is 4.79 Å². The Bertz CT molecular complexity index is 639. The van der Waals surface area contributed by atoms with Crippen LogP contribution in [-0.2, 0) is 4.79 Å². The molecular weight excluding hydrogens is 350 g/mol. The van der Waals surface area contributed by atoms with Crippen LogP contribution in [0.15, 0.2) is 38.9 Å². The van der Waals surface area contributed by atoms with Gasteiger partial charge in [0.2, 0.25) is 5.91 Å². The number of halogens is 1. The highest BCUT2D eigenvalue weighted by Crippen LogP contribution is 2.31. The molecule has 1 aliphatic heterocycles. The fourth-order valence-corrected chi connectivity index (χ4v) is 4.22. The zero-order valence-electron chi connectivity index (χ0n) is 12.9. The van der Waals surface area contributed by atoms with E-state index >= 15 is 0 Å². The van der Waals surface area contributed by atoms with Crippen molar-refractivity contribution in [1.82, 2.24) is 10.3 Å². The molecule has 4 nitrogen and oxygen atoms in total. The lowest BCUT2D eigenvalue weighted by atomic mass is 9.97. The quantitative estimate of drug-likeness (QED) is 0.856. The third kappa shape index (κ3) is 5.21. The number of hydrogen-bond acceptors (Lipinski definition) is 5. The van der Waals surface area contributed by atoms with Gasteiger partial charge in [-0.05, 0) is 57.1 Å². The average molecular weight is 370 g/mol. The molecule has 124 valence electrons. The van der Waals surface area contributed by atoms with E-state index in [4.69, 9.17) is 0 Å². The summed E-state index contributed by atoms with van der Waals surface area (Å²) in [6.07, 6.45) is 1.84. The van der Waals surface area contributed by atoms with Gasteiger partial charge in [0, 0.05) is 27.6 Å². The van der Waals surface area contributed by atoms with Gasteiger partial charge in [-0.15, -0.1) is 23.7 Å². The zero-order valence-corrected chi connectivity index (χ0v) is 15.3. The number of benzene rings is 1. The molecule has 1 aromatic carbocycles. The molecule has 2 heterocycles. The van der Waals surface area contributed by atoms with Crippen molar-refractivity contribution in [2.75, 3.05) is 18.4 Å². The van der Waals surface area contributed by atoms with Crippen molar-refractivity contribution in [2.24, 2.45) is 5.92 Å². The Kier molecular flexibility index (Phi) is 6.89. The second-order valence-corrected chi connectivity index (χ2v) is 7.57. The minimum Gasteiger partial charge on any atom is -0.326 e. The molecule has 1 aliphatic rings. The molecule has 0 atom stereocenters. The van der Waals surface area contributed by atoms with Crippen molar-refractivity contribution < 1.29 is 4.79 Å². The first-order chi connectivity index (χ1) is 10.7. The molecule has 0 bridgehead atoms. The summed E-state index contributed by atoms with van der Waals surface area (Å²) in [7, 11) is 0. The smallest absolute Gasteiger partial charge is 0.227 e. The number of amides is 1. The van der Waals surface area contributed by atoms with E-state index in [-0.39, 0.29) is 24.2 Å². The van der Waals surface area contributed by atoms with Crippen LogP contribution in [0.1, 0.15) is 18.5 Å². The van der Waals surface area contributed by atoms with Gasteiger partial charge in [-0.1, -0.05) is 11.8 Å². The normalized spacial score (nSPS) is 15.0. The minimum absolute atomic E-state index is 0. The number of nitrogens with zero attached hydrogens (tertiary/aromatic N) is 1. The summed E-state index contributed by atoms with van der Waals surface area (Å²) in [6.45, 7) is 3.86. The molecule has 1 saturated heterocycles. The maximum absolute atomic E-state index is 12.2. The molecule has 23 heavy (non-hydrogen) atoms. The van der Waals surface area contributed by atoms with Gasteiger partial charge in [-0.3, -0.25) is 4.79 Å². The Labute approximate surface area is 150 Å². The number of hydrogen-bond donors (Lipinski definition) is 2. The first kappa shape index (κ1) is 18.3. The molecule has 0 radical (unpaired) electrons. The summed E-state index contributed by atoms with van der Waals surface area (Å²) < 4.78 is 1.05. The SMILES string of the molecule is Cc1csc(Sc2ccc(NC(=O)C3CCNCC3)cc2)n1.Cl. The van der Waals surface area contributed by atoms with Crippen LogP contribution in [0, 0.1) is 12.8 Å². The van der Waals surface area contributed by atoms with Crippen molar-refractivity contribution >= 4 is 47.1 Å². The molecule has 2 aromatic rings. The minimum atomic E-state index is 0. The number of piperidine rings is 1. The van der Waals surface area contributed by atoms with Crippen molar-refractivity contribution in [1.29, 1.82) is 0 Å². The summed E-state index contributed by atoms with van der Waals surface area (Å²) in [5, 5.41) is 8.35. The zero-order chi connectivity index (χ0) is 15.4. The fourth-order valence-electron chi connectivity index (χ4n) is 2.41. The average Bonchev–Trinajstić information content (AvgIpc) is 2.95. The number of anilines is 1. The van der Waals surface area contributed by atoms with Crippen LogP contribution < -0.4 is 10.6 Å². The Morgan fingerprint density at radius 1 is 1.30 bits per heavy atom. The van der Waals surface area contributed by atoms with Crippen molar-refractivity contribution in [3.8, 4) is 0 Å². The lowest BCUT2D eigenvalue weighted by Gasteiger charge is -2.21. The van der Waals surface area contributed by atoms with Crippen LogP contribution in [0.3, 0.4) is 0 Å². The van der Waals surface area contributed by atoms with Gasteiger partial charge in [-0.2, -0.15) is 0 Å². The lowest BCUT2D eigenvalue weighted by Crippen LogP contribution is -2.34. The van der Waals surface area contributed by atoms with E-state index in [0.29, 0.717) is 0 Å². The van der Waals surface area contributed by atoms with E-state index < -0.39 is 0 Å². The first-order valence-electron chi connectivity index (χ1n) is 7.42. The molecule has 0 aliphatic carbocycles. The van der Waals surface area contributed by atoms with Gasteiger partial charge >= 0.3 is 0 Å². The van der Waals surface area contributed by atoms with E-state index in [0.717, 1.165) is 46.5 Å². The van der Waals surface area contributed by atoms with Gasteiger partial charge in [0.15, 0.2) is 4.34 Å². The predicted molar refractivity (Wildman–Crippen MR) is 98.9 cm³/mol. The summed E-state index contributed by atoms with van der Waals surface area (Å²) in [5.74, 6) is 0.269. The van der Waals surface area contributed by atoms with E-state index in [2.05, 4.69) is 21.0 Å². The van der Waals surface area contributed by atoms with Crippen LogP contribution in [0.25, 0.3) is 0 Å². The molecule has 7 heteroatoms. The van der Waals surface area contributed by atoms with Gasteiger partial charge in [-0.25, -0.2) is 4.98 Å². The Morgan fingerprint density at radius 2 is 2.00 bits per heavy atom. The van der Waals surface area contributed by atoms with Gasteiger partial charge in [0.25, 0.3) is 0 Å². The topological polar surface area (TPSA) is 54.0 Å². The number of aryl methyl sites for hydroxylation is 1. The van der Waals surface area contributed by atoms with Crippen LogP contribution in [0.5, 0.6) is 0 Å². The molecule has 0 saturated carbocycles. The second kappa shape index (κ2) is 8.68. The van der Waals surface area contributed by atoms with Gasteiger partial charge < -0.3 is 10.6 Å². The molecule has 1 amide bonds. The number of aromatic nitrogens is 1. The van der Waals surface area contributed by atoms with Crippen molar-refractivity contribution in [3.63, 3.8) is 0 Å². The third-order valence-corrected chi connectivity index (χ3v) is 5.70. The highest BCUT2D eigenvalue weighted by atomic mass is 35.5. The maximum atomic E-state index is 12.2. The summed E-state index contributed by atoms with van der Waals surface area (Å²) in [6, 6.07) is 7.97. The molecule has 0 unspecified atom stereocenters. The summed E-state index contributed by atoms with van der Waals surface area (Å²) in [4.78, 5) is 17.8. The molecule has 1 aromatic heterocycles.